The molecule has 0 amide bonds. The summed E-state index contributed by atoms with van der Waals surface area (Å²) in [4.78, 5) is 0. The Bertz CT molecular complexity index is 397. The molecule has 2 rings (SSSR count). The summed E-state index contributed by atoms with van der Waals surface area (Å²) in [5, 5.41) is 49.7. The van der Waals surface area contributed by atoms with Gasteiger partial charge in [-0.05, 0) is 12.3 Å². The van der Waals surface area contributed by atoms with Crippen molar-refractivity contribution in [2.45, 2.75) is 82.8 Å². The molecule has 0 spiro atoms. The van der Waals surface area contributed by atoms with Crippen LogP contribution < -0.4 is 0 Å². The summed E-state index contributed by atoms with van der Waals surface area (Å²) in [5.74, 6) is 0. The van der Waals surface area contributed by atoms with Crippen LogP contribution >= 0.6 is 0 Å². The van der Waals surface area contributed by atoms with Gasteiger partial charge < -0.3 is 39.7 Å². The fraction of sp³-hybridized carbons (Fsp3) is 1.00. The van der Waals surface area contributed by atoms with Crippen LogP contribution in [0.15, 0.2) is 0 Å². The molecule has 4 unspecified atom stereocenters. The maximum Gasteiger partial charge on any atom is 0.186 e. The molecule has 0 saturated carbocycles. The molecule has 2 heterocycles. The molecule has 2 fully saturated rings. The topological polar surface area (TPSA) is 129 Å². The third-order valence-electron chi connectivity index (χ3n) is 4.42. The molecule has 9 atom stereocenters. The minimum absolute atomic E-state index is 0.200. The van der Waals surface area contributed by atoms with Gasteiger partial charge in [0, 0.05) is 0 Å². The van der Waals surface area contributed by atoms with Crippen molar-refractivity contribution in [2.75, 3.05) is 6.61 Å². The number of aliphatic hydroxyl groups excluding tert-OH is 5. The van der Waals surface area contributed by atoms with E-state index in [1.807, 2.05) is 20.8 Å². The Morgan fingerprint density at radius 2 is 1.52 bits per heavy atom. The van der Waals surface area contributed by atoms with Crippen molar-refractivity contribution in [3.8, 4) is 0 Å². The maximum absolute atomic E-state index is 10.4. The van der Waals surface area contributed by atoms with Gasteiger partial charge in [-0.15, -0.1) is 0 Å². The second-order valence-electron chi connectivity index (χ2n) is 7.46. The van der Waals surface area contributed by atoms with Crippen LogP contribution in [0.3, 0.4) is 0 Å². The summed E-state index contributed by atoms with van der Waals surface area (Å²) in [5.41, 5.74) is -0.374. The van der Waals surface area contributed by atoms with E-state index in [4.69, 9.17) is 14.2 Å². The van der Waals surface area contributed by atoms with Crippen molar-refractivity contribution in [1.29, 1.82) is 0 Å². The van der Waals surface area contributed by atoms with Crippen molar-refractivity contribution in [2.24, 2.45) is 5.41 Å². The third-order valence-corrected chi connectivity index (χ3v) is 4.42. The van der Waals surface area contributed by atoms with E-state index in [0.717, 1.165) is 0 Å². The minimum Gasteiger partial charge on any atom is -0.388 e. The number of hydrogen-bond acceptors (Lipinski definition) is 8. The molecule has 2 saturated heterocycles. The highest BCUT2D eigenvalue weighted by atomic mass is 16.7. The van der Waals surface area contributed by atoms with E-state index in [2.05, 4.69) is 0 Å². The van der Waals surface area contributed by atoms with E-state index in [1.165, 1.54) is 0 Å². The first kappa shape index (κ1) is 19.0. The summed E-state index contributed by atoms with van der Waals surface area (Å²) in [6.07, 6.45) is -9.76. The lowest BCUT2D eigenvalue weighted by atomic mass is 9.80. The van der Waals surface area contributed by atoms with E-state index in [9.17, 15) is 25.5 Å². The molecule has 0 aliphatic carbocycles. The van der Waals surface area contributed by atoms with Crippen molar-refractivity contribution in [3.63, 3.8) is 0 Å². The summed E-state index contributed by atoms with van der Waals surface area (Å²) in [6, 6.07) is 0. The lowest BCUT2D eigenvalue weighted by Gasteiger charge is -2.47. The first-order valence-electron chi connectivity index (χ1n) is 7.87. The van der Waals surface area contributed by atoms with Crippen LogP contribution in [0.1, 0.15) is 27.7 Å². The van der Waals surface area contributed by atoms with E-state index >= 15 is 0 Å². The van der Waals surface area contributed by atoms with Crippen LogP contribution in [0.2, 0.25) is 0 Å². The summed E-state index contributed by atoms with van der Waals surface area (Å²) in [7, 11) is 0. The number of aliphatic hydroxyl groups is 5. The Hall–Kier alpha value is -0.320. The predicted octanol–water partition coefficient (Wildman–Crippen LogP) is -1.63. The van der Waals surface area contributed by atoms with Gasteiger partial charge in [0.15, 0.2) is 6.29 Å². The fourth-order valence-electron chi connectivity index (χ4n) is 3.00. The molecule has 2 aliphatic heterocycles. The molecular formula is C15H28O8. The molecule has 0 aromatic carbocycles. The fourth-order valence-corrected chi connectivity index (χ4v) is 3.00. The maximum atomic E-state index is 10.4. The van der Waals surface area contributed by atoms with Crippen molar-refractivity contribution < 1.29 is 39.7 Å². The van der Waals surface area contributed by atoms with E-state index in [0.29, 0.717) is 0 Å². The molecule has 0 bridgehead atoms. The highest BCUT2D eigenvalue weighted by Gasteiger charge is 2.49. The quantitative estimate of drug-likeness (QED) is 0.406. The van der Waals surface area contributed by atoms with Crippen LogP contribution in [0.4, 0.5) is 0 Å². The SMILES string of the molecule is C[C@H]1O[C@@H](C(C)(C)C)C(O)C(O)[C@H]1O[C@@H]1OC[C@@H](O)C(O)C1O. The molecule has 2 aliphatic rings. The normalized spacial score (nSPS) is 49.2. The van der Waals surface area contributed by atoms with Crippen LogP contribution in [0.25, 0.3) is 0 Å². The Morgan fingerprint density at radius 1 is 0.913 bits per heavy atom. The summed E-state index contributed by atoms with van der Waals surface area (Å²) < 4.78 is 16.5. The van der Waals surface area contributed by atoms with Crippen molar-refractivity contribution in [1.82, 2.24) is 0 Å². The monoisotopic (exact) mass is 336 g/mol. The van der Waals surface area contributed by atoms with Gasteiger partial charge in [0.1, 0.15) is 36.6 Å². The molecule has 0 aromatic heterocycles. The van der Waals surface area contributed by atoms with Crippen LogP contribution in [0, 0.1) is 5.41 Å². The van der Waals surface area contributed by atoms with Gasteiger partial charge in [-0.1, -0.05) is 20.8 Å². The zero-order valence-corrected chi connectivity index (χ0v) is 13.9. The van der Waals surface area contributed by atoms with Gasteiger partial charge in [0.25, 0.3) is 0 Å². The second-order valence-corrected chi connectivity index (χ2v) is 7.46. The molecule has 8 nitrogen and oxygen atoms in total. The Labute approximate surface area is 135 Å². The van der Waals surface area contributed by atoms with Gasteiger partial charge in [-0.25, -0.2) is 0 Å². The van der Waals surface area contributed by atoms with Gasteiger partial charge >= 0.3 is 0 Å². The Kier molecular flexibility index (Phi) is 5.70. The minimum atomic E-state index is -1.46. The zero-order valence-electron chi connectivity index (χ0n) is 13.9. The average molecular weight is 336 g/mol. The van der Waals surface area contributed by atoms with Gasteiger partial charge in [-0.3, -0.25) is 0 Å². The Morgan fingerprint density at radius 3 is 2.09 bits per heavy atom. The molecule has 23 heavy (non-hydrogen) atoms. The van der Waals surface area contributed by atoms with E-state index in [1.54, 1.807) is 6.92 Å². The van der Waals surface area contributed by atoms with Crippen LogP contribution in [-0.4, -0.2) is 87.3 Å². The number of rotatable bonds is 2. The van der Waals surface area contributed by atoms with Gasteiger partial charge in [0.05, 0.1) is 18.8 Å². The first-order chi connectivity index (χ1) is 10.5. The average Bonchev–Trinajstić information content (AvgIpc) is 2.46. The smallest absolute Gasteiger partial charge is 0.186 e. The number of hydrogen-bond donors (Lipinski definition) is 5. The Balaban J connectivity index is 2.06. The zero-order chi connectivity index (χ0) is 17.5. The second kappa shape index (κ2) is 6.89. The molecule has 8 heteroatoms. The molecule has 136 valence electrons. The van der Waals surface area contributed by atoms with Crippen molar-refractivity contribution in [3.05, 3.63) is 0 Å². The summed E-state index contributed by atoms with van der Waals surface area (Å²) >= 11 is 0. The molecule has 5 N–H and O–H groups in total. The molecule has 0 aromatic rings. The lowest BCUT2D eigenvalue weighted by molar-refractivity contribution is -0.325. The third kappa shape index (κ3) is 3.85. The predicted molar refractivity (Wildman–Crippen MR) is 78.4 cm³/mol. The highest BCUT2D eigenvalue weighted by Crippen LogP contribution is 2.34. The highest BCUT2D eigenvalue weighted by molar-refractivity contribution is 4.96. The standard InChI is InChI=1S/C15H28O8/c1-6-12(9(18)10(19)13(22-6)15(2,3)4)23-14-11(20)8(17)7(16)5-21-14/h6-14,16-20H,5H2,1-4H3/t6-,7-,8?,9?,10?,11?,12+,13-,14+/m1/s1. The number of ether oxygens (including phenoxy) is 3. The largest absolute Gasteiger partial charge is 0.388 e. The van der Waals surface area contributed by atoms with Crippen molar-refractivity contribution >= 4 is 0 Å². The molecular weight excluding hydrogens is 308 g/mol. The lowest BCUT2D eigenvalue weighted by Crippen LogP contribution is -2.63. The van der Waals surface area contributed by atoms with Gasteiger partial charge in [-0.2, -0.15) is 0 Å². The van der Waals surface area contributed by atoms with E-state index < -0.39 is 55.1 Å². The van der Waals surface area contributed by atoms with E-state index in [-0.39, 0.29) is 12.0 Å². The van der Waals surface area contributed by atoms with Crippen LogP contribution in [0.5, 0.6) is 0 Å². The summed E-state index contributed by atoms with van der Waals surface area (Å²) in [6.45, 7) is 7.18. The first-order valence-corrected chi connectivity index (χ1v) is 7.87. The van der Waals surface area contributed by atoms with Crippen LogP contribution in [-0.2, 0) is 14.2 Å². The van der Waals surface area contributed by atoms with Gasteiger partial charge in [0.2, 0.25) is 0 Å². The molecule has 0 radical (unpaired) electrons.